The first-order valence-corrected chi connectivity index (χ1v) is 19.7. The van der Waals surface area contributed by atoms with Crippen molar-refractivity contribution >= 4 is 85.6 Å². The Morgan fingerprint density at radius 3 is 1.79 bits per heavy atom. The molecule has 0 aliphatic heterocycles. The Kier molecular flexibility index (Phi) is 6.76. The van der Waals surface area contributed by atoms with E-state index in [1.54, 1.807) is 0 Å². The number of benzene rings is 9. The molecule has 5 heteroatoms. The van der Waals surface area contributed by atoms with Crippen LogP contribution in [0.5, 0.6) is 0 Å². The minimum Gasteiger partial charge on any atom is -0.309 e. The van der Waals surface area contributed by atoms with E-state index in [9.17, 15) is 0 Å². The van der Waals surface area contributed by atoms with E-state index >= 15 is 0 Å². The standard InChI is InChI=1S/C51H30N4S/c1-2-14-33-30-46-42(28-32(33)13-1)38-19-7-9-22-44(38)55(46)45-26-25-41(36-17-5-6-18-37(36)45)51-53-49(34-24-27-48-43(29-34)39-20-8-10-23-47(39)56-48)52-50(54-51)40-21-11-15-31-12-3-4-16-35(31)40/h1-30H. The first-order valence-electron chi connectivity index (χ1n) is 18.9. The summed E-state index contributed by atoms with van der Waals surface area (Å²) in [7, 11) is 0. The third-order valence-corrected chi connectivity index (χ3v) is 12.4. The van der Waals surface area contributed by atoms with Crippen LogP contribution < -0.4 is 0 Å². The number of hydrogen-bond acceptors (Lipinski definition) is 4. The highest BCUT2D eigenvalue weighted by atomic mass is 32.1. The lowest BCUT2D eigenvalue weighted by atomic mass is 10.0. The highest BCUT2D eigenvalue weighted by Crippen LogP contribution is 2.41. The molecule has 0 atom stereocenters. The molecule has 12 aromatic rings. The highest BCUT2D eigenvalue weighted by Gasteiger charge is 2.20. The third kappa shape index (κ3) is 4.75. The molecule has 3 heterocycles. The smallest absolute Gasteiger partial charge is 0.164 e. The first kappa shape index (κ1) is 31.2. The summed E-state index contributed by atoms with van der Waals surface area (Å²) in [4.78, 5) is 15.8. The van der Waals surface area contributed by atoms with Gasteiger partial charge in [-0.3, -0.25) is 0 Å². The van der Waals surface area contributed by atoms with Gasteiger partial charge < -0.3 is 4.57 Å². The average Bonchev–Trinajstić information content (AvgIpc) is 3.79. The number of aromatic nitrogens is 4. The van der Waals surface area contributed by atoms with Crippen LogP contribution in [0, 0.1) is 0 Å². The van der Waals surface area contributed by atoms with Crippen molar-refractivity contribution in [3.05, 3.63) is 182 Å². The van der Waals surface area contributed by atoms with Crippen molar-refractivity contribution in [2.75, 3.05) is 0 Å². The van der Waals surface area contributed by atoms with Gasteiger partial charge in [-0.25, -0.2) is 15.0 Å². The zero-order valence-electron chi connectivity index (χ0n) is 30.0. The first-order chi connectivity index (χ1) is 27.7. The lowest BCUT2D eigenvalue weighted by Gasteiger charge is -2.15. The van der Waals surface area contributed by atoms with Gasteiger partial charge in [0.25, 0.3) is 0 Å². The molecule has 12 rings (SSSR count). The van der Waals surface area contributed by atoms with Crippen molar-refractivity contribution in [2.24, 2.45) is 0 Å². The van der Waals surface area contributed by atoms with Crippen LogP contribution in [0.25, 0.3) is 114 Å². The Morgan fingerprint density at radius 2 is 0.946 bits per heavy atom. The fourth-order valence-corrected chi connectivity index (χ4v) is 9.71. The second-order valence-corrected chi connectivity index (χ2v) is 15.5. The van der Waals surface area contributed by atoms with Crippen LogP contribution >= 0.6 is 11.3 Å². The van der Waals surface area contributed by atoms with Gasteiger partial charge in [0.2, 0.25) is 0 Å². The summed E-state index contributed by atoms with van der Waals surface area (Å²) in [6.45, 7) is 0. The molecule has 4 nitrogen and oxygen atoms in total. The second kappa shape index (κ2) is 12.2. The molecule has 9 aromatic carbocycles. The van der Waals surface area contributed by atoms with E-state index in [-0.39, 0.29) is 0 Å². The minimum atomic E-state index is 0.643. The molecule has 56 heavy (non-hydrogen) atoms. The SMILES string of the molecule is c1ccc2cc3c(cc2c1)c1ccccc1n3-c1ccc(-c2nc(-c3ccc4sc5ccccc5c4c3)nc(-c3cccc4ccccc34)n2)c2ccccc12. The molecule has 0 aliphatic carbocycles. The number of nitrogens with zero attached hydrogens (tertiary/aromatic N) is 4. The molecule has 0 radical (unpaired) electrons. The molecule has 0 N–H and O–H groups in total. The van der Waals surface area contributed by atoms with E-state index < -0.39 is 0 Å². The van der Waals surface area contributed by atoms with Gasteiger partial charge in [0.1, 0.15) is 0 Å². The van der Waals surface area contributed by atoms with Gasteiger partial charge in [-0.05, 0) is 81.5 Å². The molecule has 0 saturated heterocycles. The van der Waals surface area contributed by atoms with Crippen LogP contribution in [0.1, 0.15) is 0 Å². The van der Waals surface area contributed by atoms with E-state index in [0.29, 0.717) is 17.5 Å². The summed E-state index contributed by atoms with van der Waals surface area (Å²) < 4.78 is 4.94. The number of hydrogen-bond donors (Lipinski definition) is 0. The Morgan fingerprint density at radius 1 is 0.339 bits per heavy atom. The van der Waals surface area contributed by atoms with Gasteiger partial charge in [-0.15, -0.1) is 11.3 Å². The Hall–Kier alpha value is -7.21. The van der Waals surface area contributed by atoms with Crippen LogP contribution in [0.15, 0.2) is 182 Å². The van der Waals surface area contributed by atoms with E-state index in [1.807, 2.05) is 11.3 Å². The molecular formula is C51H30N4S. The number of para-hydroxylation sites is 1. The molecule has 0 fully saturated rings. The number of rotatable bonds is 4. The minimum absolute atomic E-state index is 0.643. The molecule has 0 bridgehead atoms. The van der Waals surface area contributed by atoms with Crippen molar-refractivity contribution in [1.82, 2.24) is 19.5 Å². The topological polar surface area (TPSA) is 43.6 Å². The summed E-state index contributed by atoms with van der Waals surface area (Å²) >= 11 is 1.81. The molecule has 3 aromatic heterocycles. The van der Waals surface area contributed by atoms with Crippen LogP contribution in [0.3, 0.4) is 0 Å². The van der Waals surface area contributed by atoms with Crippen molar-refractivity contribution in [3.63, 3.8) is 0 Å². The van der Waals surface area contributed by atoms with E-state index in [2.05, 4.69) is 187 Å². The lowest BCUT2D eigenvalue weighted by molar-refractivity contribution is 1.08. The Bertz CT molecular complexity index is 3550. The highest BCUT2D eigenvalue weighted by molar-refractivity contribution is 7.25. The largest absolute Gasteiger partial charge is 0.309 e. The van der Waals surface area contributed by atoms with Crippen molar-refractivity contribution in [1.29, 1.82) is 0 Å². The summed E-state index contributed by atoms with van der Waals surface area (Å²) in [6.07, 6.45) is 0. The van der Waals surface area contributed by atoms with Gasteiger partial charge in [-0.2, -0.15) is 0 Å². The lowest BCUT2D eigenvalue weighted by Crippen LogP contribution is -2.02. The fraction of sp³-hybridized carbons (Fsp3) is 0. The maximum atomic E-state index is 5.30. The fourth-order valence-electron chi connectivity index (χ4n) is 8.62. The van der Waals surface area contributed by atoms with Crippen molar-refractivity contribution in [2.45, 2.75) is 0 Å². The van der Waals surface area contributed by atoms with Crippen LogP contribution in [0.4, 0.5) is 0 Å². The predicted molar refractivity (Wildman–Crippen MR) is 236 cm³/mol. The maximum Gasteiger partial charge on any atom is 0.164 e. The van der Waals surface area contributed by atoms with E-state index in [0.717, 1.165) is 43.9 Å². The number of fused-ring (bicyclic) bond motifs is 9. The summed E-state index contributed by atoms with van der Waals surface area (Å²) in [5, 5.41) is 11.9. The monoisotopic (exact) mass is 730 g/mol. The maximum absolute atomic E-state index is 5.30. The van der Waals surface area contributed by atoms with Crippen LogP contribution in [-0.2, 0) is 0 Å². The molecule has 0 amide bonds. The van der Waals surface area contributed by atoms with Crippen molar-refractivity contribution in [3.8, 4) is 39.9 Å². The third-order valence-electron chi connectivity index (χ3n) is 11.2. The average molecular weight is 731 g/mol. The van der Waals surface area contributed by atoms with Gasteiger partial charge in [0.15, 0.2) is 17.5 Å². The zero-order valence-corrected chi connectivity index (χ0v) is 30.8. The molecular weight excluding hydrogens is 701 g/mol. The van der Waals surface area contributed by atoms with Gasteiger partial charge in [0, 0.05) is 53.0 Å². The Balaban J connectivity index is 1.11. The molecule has 0 aliphatic rings. The van der Waals surface area contributed by atoms with Crippen LogP contribution in [0.2, 0.25) is 0 Å². The summed E-state index contributed by atoms with van der Waals surface area (Å²) in [6, 6.07) is 65.1. The number of thiophene rings is 1. The molecule has 0 spiro atoms. The van der Waals surface area contributed by atoms with Gasteiger partial charge >= 0.3 is 0 Å². The quantitative estimate of drug-likeness (QED) is 0.181. The predicted octanol–water partition coefficient (Wildman–Crippen LogP) is 13.8. The molecule has 0 saturated carbocycles. The Labute approximate surface area is 325 Å². The van der Waals surface area contributed by atoms with Gasteiger partial charge in [-0.1, -0.05) is 127 Å². The zero-order chi connectivity index (χ0) is 36.7. The summed E-state index contributed by atoms with van der Waals surface area (Å²) in [5.41, 5.74) is 6.37. The molecule has 0 unspecified atom stereocenters. The van der Waals surface area contributed by atoms with Crippen molar-refractivity contribution < 1.29 is 0 Å². The van der Waals surface area contributed by atoms with Crippen LogP contribution in [-0.4, -0.2) is 19.5 Å². The molecule has 260 valence electrons. The normalized spacial score (nSPS) is 11.9. The van der Waals surface area contributed by atoms with Gasteiger partial charge in [0.05, 0.1) is 16.7 Å². The van der Waals surface area contributed by atoms with E-state index in [1.165, 1.54) is 52.8 Å². The second-order valence-electron chi connectivity index (χ2n) is 14.4. The van der Waals surface area contributed by atoms with E-state index in [4.69, 9.17) is 15.0 Å². The summed E-state index contributed by atoms with van der Waals surface area (Å²) in [5.74, 6) is 1.95.